The lowest BCUT2D eigenvalue weighted by Crippen LogP contribution is -2.32. The van der Waals surface area contributed by atoms with E-state index in [1.54, 1.807) is 30.7 Å². The molecule has 8 heteroatoms. The third kappa shape index (κ3) is 3.77. The van der Waals surface area contributed by atoms with Crippen LogP contribution >= 0.6 is 11.3 Å². The van der Waals surface area contributed by atoms with Crippen molar-refractivity contribution in [1.29, 1.82) is 0 Å². The first-order valence-corrected chi connectivity index (χ1v) is 9.52. The van der Waals surface area contributed by atoms with Gasteiger partial charge >= 0.3 is 0 Å². The van der Waals surface area contributed by atoms with E-state index >= 15 is 0 Å². The molecule has 4 aromatic rings. The number of para-hydroxylation sites is 1. The summed E-state index contributed by atoms with van der Waals surface area (Å²) < 4.78 is 30.2. The van der Waals surface area contributed by atoms with E-state index in [1.807, 2.05) is 10.8 Å². The molecular formula is C20H16F2N4OS. The summed E-state index contributed by atoms with van der Waals surface area (Å²) in [5, 5.41) is 0.389. The maximum absolute atomic E-state index is 14.1. The van der Waals surface area contributed by atoms with Gasteiger partial charge in [-0.3, -0.25) is 9.69 Å². The van der Waals surface area contributed by atoms with E-state index in [-0.39, 0.29) is 17.0 Å². The molecule has 0 aliphatic carbocycles. The number of halogens is 2. The zero-order valence-corrected chi connectivity index (χ0v) is 15.6. The van der Waals surface area contributed by atoms with Crippen LogP contribution in [-0.2, 0) is 6.54 Å². The molecular weight excluding hydrogens is 382 g/mol. The number of fused-ring (bicyclic) bond motifs is 1. The zero-order valence-electron chi connectivity index (χ0n) is 14.8. The second-order valence-electron chi connectivity index (χ2n) is 6.20. The fourth-order valence-corrected chi connectivity index (χ4v) is 3.91. The van der Waals surface area contributed by atoms with Crippen molar-refractivity contribution in [2.45, 2.75) is 13.0 Å². The number of anilines is 1. The van der Waals surface area contributed by atoms with Crippen LogP contribution in [0.15, 0.2) is 61.2 Å². The third-order valence-electron chi connectivity index (χ3n) is 4.26. The quantitative estimate of drug-likeness (QED) is 0.480. The SMILES string of the molecule is O=C(c1cccc(F)c1)N(CCCn1ccnc1)c1nc2c(F)cccc2s1. The van der Waals surface area contributed by atoms with Crippen LogP contribution in [0.1, 0.15) is 16.8 Å². The van der Waals surface area contributed by atoms with Gasteiger partial charge in [0.2, 0.25) is 0 Å². The van der Waals surface area contributed by atoms with Gasteiger partial charge in [0.25, 0.3) is 5.91 Å². The van der Waals surface area contributed by atoms with E-state index in [4.69, 9.17) is 0 Å². The van der Waals surface area contributed by atoms with Gasteiger partial charge in [0, 0.05) is 31.0 Å². The van der Waals surface area contributed by atoms with E-state index in [2.05, 4.69) is 9.97 Å². The van der Waals surface area contributed by atoms with Gasteiger partial charge in [-0.25, -0.2) is 18.7 Å². The number of amides is 1. The molecule has 0 spiro atoms. The highest BCUT2D eigenvalue weighted by Crippen LogP contribution is 2.31. The number of carbonyl (C=O) groups is 1. The van der Waals surface area contributed by atoms with Crippen molar-refractivity contribution in [2.24, 2.45) is 0 Å². The van der Waals surface area contributed by atoms with Crippen LogP contribution in [0.5, 0.6) is 0 Å². The molecule has 2 heterocycles. The lowest BCUT2D eigenvalue weighted by molar-refractivity contribution is 0.0986. The third-order valence-corrected chi connectivity index (χ3v) is 5.31. The van der Waals surface area contributed by atoms with E-state index in [0.717, 1.165) is 0 Å². The minimum Gasteiger partial charge on any atom is -0.337 e. The molecule has 0 saturated heterocycles. The lowest BCUT2D eigenvalue weighted by Gasteiger charge is -2.20. The topological polar surface area (TPSA) is 51.0 Å². The molecule has 0 N–H and O–H groups in total. The number of rotatable bonds is 6. The number of nitrogens with zero attached hydrogens (tertiary/aromatic N) is 4. The maximum Gasteiger partial charge on any atom is 0.260 e. The van der Waals surface area contributed by atoms with E-state index in [1.165, 1.54) is 40.5 Å². The van der Waals surface area contributed by atoms with Gasteiger partial charge in [-0.05, 0) is 36.8 Å². The van der Waals surface area contributed by atoms with Crippen LogP contribution in [-0.4, -0.2) is 27.0 Å². The Morgan fingerprint density at radius 2 is 2.04 bits per heavy atom. The zero-order chi connectivity index (χ0) is 19.5. The van der Waals surface area contributed by atoms with Crippen LogP contribution in [0.3, 0.4) is 0 Å². The van der Waals surface area contributed by atoms with Crippen molar-refractivity contribution in [1.82, 2.24) is 14.5 Å². The molecule has 1 amide bonds. The summed E-state index contributed by atoms with van der Waals surface area (Å²) in [4.78, 5) is 22.9. The smallest absolute Gasteiger partial charge is 0.260 e. The molecule has 0 bridgehead atoms. The summed E-state index contributed by atoms with van der Waals surface area (Å²) in [5.41, 5.74) is 0.455. The Labute approximate surface area is 163 Å². The second-order valence-corrected chi connectivity index (χ2v) is 7.21. The Morgan fingerprint density at radius 1 is 1.18 bits per heavy atom. The fourth-order valence-electron chi connectivity index (χ4n) is 2.91. The van der Waals surface area contributed by atoms with Crippen molar-refractivity contribution in [3.05, 3.63) is 78.4 Å². The highest BCUT2D eigenvalue weighted by molar-refractivity contribution is 7.22. The standard InChI is InChI=1S/C20H16F2N4OS/c21-15-5-1-4-14(12-15)19(27)26(10-3-9-25-11-8-23-13-25)20-24-18-16(22)6-2-7-17(18)28-20/h1-2,4-8,11-13H,3,9-10H2. The molecule has 0 saturated carbocycles. The normalized spacial score (nSPS) is 11.1. The summed E-state index contributed by atoms with van der Waals surface area (Å²) in [6, 6.07) is 10.2. The van der Waals surface area contributed by atoms with Crippen LogP contribution in [0.25, 0.3) is 10.2 Å². The highest BCUT2D eigenvalue weighted by Gasteiger charge is 2.22. The Morgan fingerprint density at radius 3 is 2.79 bits per heavy atom. The monoisotopic (exact) mass is 398 g/mol. The first kappa shape index (κ1) is 18.2. The molecule has 0 radical (unpaired) electrons. The van der Waals surface area contributed by atoms with Crippen molar-refractivity contribution < 1.29 is 13.6 Å². The molecule has 2 aromatic carbocycles. The maximum atomic E-state index is 14.1. The summed E-state index contributed by atoms with van der Waals surface area (Å²) in [5.74, 6) is -1.29. The average molecular weight is 398 g/mol. The Bertz CT molecular complexity index is 1110. The summed E-state index contributed by atoms with van der Waals surface area (Å²) in [6.07, 6.45) is 5.86. The number of aromatic nitrogens is 3. The molecule has 5 nitrogen and oxygen atoms in total. The molecule has 4 rings (SSSR count). The van der Waals surface area contributed by atoms with Gasteiger partial charge in [0.1, 0.15) is 17.2 Å². The van der Waals surface area contributed by atoms with Gasteiger partial charge in [-0.15, -0.1) is 0 Å². The highest BCUT2D eigenvalue weighted by atomic mass is 32.1. The summed E-state index contributed by atoms with van der Waals surface area (Å²) >= 11 is 1.24. The molecule has 0 aliphatic heterocycles. The predicted molar refractivity (Wildman–Crippen MR) is 104 cm³/mol. The molecule has 2 aromatic heterocycles. The lowest BCUT2D eigenvalue weighted by atomic mass is 10.2. The minimum absolute atomic E-state index is 0.224. The van der Waals surface area contributed by atoms with Gasteiger partial charge in [-0.1, -0.05) is 23.5 Å². The number of hydrogen-bond acceptors (Lipinski definition) is 4. The molecule has 0 unspecified atom stereocenters. The first-order valence-electron chi connectivity index (χ1n) is 8.70. The average Bonchev–Trinajstić information content (AvgIpc) is 3.35. The van der Waals surface area contributed by atoms with Crippen molar-refractivity contribution in [3.8, 4) is 0 Å². The van der Waals surface area contributed by atoms with E-state index < -0.39 is 11.6 Å². The number of benzene rings is 2. The van der Waals surface area contributed by atoms with Crippen LogP contribution in [0.2, 0.25) is 0 Å². The summed E-state index contributed by atoms with van der Waals surface area (Å²) in [7, 11) is 0. The Balaban J connectivity index is 1.65. The Kier molecular flexibility index (Phi) is 5.12. The van der Waals surface area contributed by atoms with Gasteiger partial charge in [-0.2, -0.15) is 0 Å². The number of carbonyl (C=O) groups excluding carboxylic acids is 1. The number of hydrogen-bond donors (Lipinski definition) is 0. The first-order chi connectivity index (χ1) is 13.6. The molecule has 0 fully saturated rings. The van der Waals surface area contributed by atoms with Crippen molar-refractivity contribution in [2.75, 3.05) is 11.4 Å². The van der Waals surface area contributed by atoms with Crippen molar-refractivity contribution in [3.63, 3.8) is 0 Å². The van der Waals surface area contributed by atoms with Crippen LogP contribution in [0, 0.1) is 11.6 Å². The van der Waals surface area contributed by atoms with Gasteiger partial charge in [0.15, 0.2) is 5.13 Å². The summed E-state index contributed by atoms with van der Waals surface area (Å²) in [6.45, 7) is 1.02. The van der Waals surface area contributed by atoms with Gasteiger partial charge < -0.3 is 4.57 Å². The van der Waals surface area contributed by atoms with Crippen molar-refractivity contribution >= 4 is 32.6 Å². The number of aryl methyl sites for hydroxylation is 1. The van der Waals surface area contributed by atoms with E-state index in [0.29, 0.717) is 29.3 Å². The largest absolute Gasteiger partial charge is 0.337 e. The molecule has 0 aliphatic rings. The van der Waals surface area contributed by atoms with Gasteiger partial charge in [0.05, 0.1) is 11.0 Å². The fraction of sp³-hybridized carbons (Fsp3) is 0.150. The second kappa shape index (κ2) is 7.85. The van der Waals surface area contributed by atoms with Crippen LogP contribution < -0.4 is 4.90 Å². The Hall–Kier alpha value is -3.13. The van der Waals surface area contributed by atoms with Crippen LogP contribution in [0.4, 0.5) is 13.9 Å². The molecule has 0 atom stereocenters. The molecule has 142 valence electrons. The van der Waals surface area contributed by atoms with E-state index in [9.17, 15) is 13.6 Å². The molecule has 28 heavy (non-hydrogen) atoms. The minimum atomic E-state index is -0.487. The predicted octanol–water partition coefficient (Wildman–Crippen LogP) is 4.51. The number of thiazole rings is 1. The number of imidazole rings is 1.